The number of halogens is 1. The number of ether oxygens (including phenoxy) is 2. The molecule has 0 aliphatic heterocycles. The maximum absolute atomic E-state index is 13.6. The average molecular weight is 271 g/mol. The summed E-state index contributed by atoms with van der Waals surface area (Å²) in [5.74, 6) is -0.356. The third-order valence-corrected chi connectivity index (χ3v) is 2.51. The van der Waals surface area contributed by atoms with Gasteiger partial charge in [0.05, 0.1) is 25.9 Å². The van der Waals surface area contributed by atoms with E-state index in [2.05, 4.69) is 0 Å². The Labute approximate surface area is 112 Å². The van der Waals surface area contributed by atoms with E-state index in [9.17, 15) is 4.39 Å². The summed E-state index contributed by atoms with van der Waals surface area (Å²) in [7, 11) is 0. The summed E-state index contributed by atoms with van der Waals surface area (Å²) in [5.41, 5.74) is 6.43. The van der Waals surface area contributed by atoms with E-state index < -0.39 is 0 Å². The first-order chi connectivity index (χ1) is 8.50. The molecule has 0 bridgehead atoms. The van der Waals surface area contributed by atoms with E-state index in [4.69, 9.17) is 27.4 Å². The molecule has 0 fully saturated rings. The number of thiocarbonyl (C=S) groups is 1. The molecule has 0 radical (unpaired) electrons. The largest absolute Gasteiger partial charge is 0.389 e. The van der Waals surface area contributed by atoms with E-state index in [1.165, 1.54) is 6.07 Å². The van der Waals surface area contributed by atoms with Crippen molar-refractivity contribution in [2.24, 2.45) is 5.73 Å². The average Bonchev–Trinajstić information content (AvgIpc) is 2.29. The SMILES string of the molecule is CC(C)OCCOCc1ccc(C(N)=S)cc1F. The Balaban J connectivity index is 2.41. The quantitative estimate of drug-likeness (QED) is 0.611. The molecule has 18 heavy (non-hydrogen) atoms. The Morgan fingerprint density at radius 1 is 1.39 bits per heavy atom. The molecule has 0 atom stereocenters. The first-order valence-corrected chi connectivity index (χ1v) is 6.19. The Bertz CT molecular complexity index is 410. The van der Waals surface area contributed by atoms with Crippen LogP contribution in [0.1, 0.15) is 25.0 Å². The van der Waals surface area contributed by atoms with Crippen molar-refractivity contribution in [3.05, 3.63) is 35.1 Å². The van der Waals surface area contributed by atoms with Crippen molar-refractivity contribution in [1.29, 1.82) is 0 Å². The second-order valence-electron chi connectivity index (χ2n) is 4.14. The van der Waals surface area contributed by atoms with Gasteiger partial charge < -0.3 is 15.2 Å². The molecule has 2 N–H and O–H groups in total. The summed E-state index contributed by atoms with van der Waals surface area (Å²) in [6.07, 6.45) is 0.176. The number of nitrogens with two attached hydrogens (primary N) is 1. The van der Waals surface area contributed by atoms with Gasteiger partial charge in [-0.2, -0.15) is 0 Å². The van der Waals surface area contributed by atoms with E-state index in [1.54, 1.807) is 12.1 Å². The molecular formula is C13H18FNO2S. The number of rotatable bonds is 7. The third kappa shape index (κ3) is 5.08. The second-order valence-corrected chi connectivity index (χ2v) is 4.58. The van der Waals surface area contributed by atoms with Crippen LogP contribution >= 0.6 is 12.2 Å². The molecule has 0 spiro atoms. The fourth-order valence-electron chi connectivity index (χ4n) is 1.34. The van der Waals surface area contributed by atoms with Crippen molar-refractivity contribution >= 4 is 17.2 Å². The van der Waals surface area contributed by atoms with Crippen LogP contribution < -0.4 is 5.73 Å². The monoisotopic (exact) mass is 271 g/mol. The van der Waals surface area contributed by atoms with Crippen molar-refractivity contribution in [2.75, 3.05) is 13.2 Å². The van der Waals surface area contributed by atoms with Gasteiger partial charge in [0.15, 0.2) is 0 Å². The predicted molar refractivity (Wildman–Crippen MR) is 73.0 cm³/mol. The zero-order valence-electron chi connectivity index (χ0n) is 10.6. The first-order valence-electron chi connectivity index (χ1n) is 5.78. The lowest BCUT2D eigenvalue weighted by molar-refractivity contribution is 0.0137. The summed E-state index contributed by atoms with van der Waals surface area (Å²) < 4.78 is 24.3. The number of benzene rings is 1. The van der Waals surface area contributed by atoms with Crippen LogP contribution in [0.3, 0.4) is 0 Å². The van der Waals surface area contributed by atoms with Crippen LogP contribution in [0.4, 0.5) is 4.39 Å². The fraction of sp³-hybridized carbons (Fsp3) is 0.462. The zero-order valence-corrected chi connectivity index (χ0v) is 11.4. The predicted octanol–water partition coefficient (Wildman–Crippen LogP) is 2.40. The van der Waals surface area contributed by atoms with Crippen molar-refractivity contribution in [1.82, 2.24) is 0 Å². The lowest BCUT2D eigenvalue weighted by Crippen LogP contribution is -2.11. The van der Waals surface area contributed by atoms with E-state index in [1.807, 2.05) is 13.8 Å². The lowest BCUT2D eigenvalue weighted by Gasteiger charge is -2.09. The summed E-state index contributed by atoms with van der Waals surface area (Å²) in [4.78, 5) is 0.187. The van der Waals surface area contributed by atoms with Crippen molar-refractivity contribution in [2.45, 2.75) is 26.6 Å². The Kier molecular flexibility index (Phi) is 6.18. The molecule has 0 amide bonds. The molecule has 0 heterocycles. The molecule has 100 valence electrons. The van der Waals surface area contributed by atoms with E-state index in [-0.39, 0.29) is 23.5 Å². The summed E-state index contributed by atoms with van der Waals surface area (Å²) in [5, 5.41) is 0. The lowest BCUT2D eigenvalue weighted by atomic mass is 10.1. The van der Waals surface area contributed by atoms with Gasteiger partial charge in [0, 0.05) is 11.1 Å². The zero-order chi connectivity index (χ0) is 13.5. The normalized spacial score (nSPS) is 10.9. The molecule has 1 aromatic rings. The molecule has 0 aromatic heterocycles. The minimum absolute atomic E-state index is 0.176. The smallest absolute Gasteiger partial charge is 0.129 e. The van der Waals surface area contributed by atoms with Gasteiger partial charge >= 0.3 is 0 Å². The maximum atomic E-state index is 13.6. The topological polar surface area (TPSA) is 44.5 Å². The van der Waals surface area contributed by atoms with Gasteiger partial charge in [-0.1, -0.05) is 24.4 Å². The summed E-state index contributed by atoms with van der Waals surface area (Å²) in [6.45, 7) is 5.06. The van der Waals surface area contributed by atoms with Crippen molar-refractivity contribution in [3.63, 3.8) is 0 Å². The minimum Gasteiger partial charge on any atom is -0.389 e. The van der Waals surface area contributed by atoms with Gasteiger partial charge in [-0.3, -0.25) is 0 Å². The van der Waals surface area contributed by atoms with Crippen LogP contribution in [0.25, 0.3) is 0 Å². The summed E-state index contributed by atoms with van der Waals surface area (Å²) >= 11 is 4.77. The highest BCUT2D eigenvalue weighted by atomic mass is 32.1. The van der Waals surface area contributed by atoms with Gasteiger partial charge in [0.2, 0.25) is 0 Å². The molecular weight excluding hydrogens is 253 g/mol. The van der Waals surface area contributed by atoms with Gasteiger partial charge in [0.1, 0.15) is 10.8 Å². The van der Waals surface area contributed by atoms with Crippen LogP contribution in [0.2, 0.25) is 0 Å². The fourth-order valence-corrected chi connectivity index (χ4v) is 1.47. The van der Waals surface area contributed by atoms with E-state index in [0.717, 1.165) is 0 Å². The molecule has 5 heteroatoms. The Morgan fingerprint density at radius 3 is 2.67 bits per heavy atom. The van der Waals surface area contributed by atoms with Gasteiger partial charge in [-0.15, -0.1) is 0 Å². The van der Waals surface area contributed by atoms with Crippen molar-refractivity contribution in [3.8, 4) is 0 Å². The highest BCUT2D eigenvalue weighted by Crippen LogP contribution is 2.11. The van der Waals surface area contributed by atoms with Crippen LogP contribution in [0.15, 0.2) is 18.2 Å². The number of hydrogen-bond donors (Lipinski definition) is 1. The second kappa shape index (κ2) is 7.41. The standard InChI is InChI=1S/C13H18FNO2S/c1-9(2)17-6-5-16-8-11-4-3-10(13(15)18)7-12(11)14/h3-4,7,9H,5-6,8H2,1-2H3,(H2,15,18). The van der Waals surface area contributed by atoms with E-state index in [0.29, 0.717) is 24.3 Å². The summed E-state index contributed by atoms with van der Waals surface area (Å²) in [6, 6.07) is 4.65. The third-order valence-electron chi connectivity index (χ3n) is 2.27. The molecule has 1 rings (SSSR count). The molecule has 0 saturated carbocycles. The van der Waals surface area contributed by atoms with E-state index >= 15 is 0 Å². The Morgan fingerprint density at radius 2 is 2.11 bits per heavy atom. The maximum Gasteiger partial charge on any atom is 0.129 e. The molecule has 0 saturated heterocycles. The molecule has 0 aliphatic carbocycles. The van der Waals surface area contributed by atoms with Gasteiger partial charge in [-0.25, -0.2) is 4.39 Å². The molecule has 1 aromatic carbocycles. The molecule has 0 unspecified atom stereocenters. The molecule has 3 nitrogen and oxygen atoms in total. The van der Waals surface area contributed by atoms with Gasteiger partial charge in [0.25, 0.3) is 0 Å². The van der Waals surface area contributed by atoms with Crippen LogP contribution in [0, 0.1) is 5.82 Å². The number of hydrogen-bond acceptors (Lipinski definition) is 3. The first kappa shape index (κ1) is 15.0. The molecule has 0 aliphatic rings. The van der Waals surface area contributed by atoms with Crippen LogP contribution in [0.5, 0.6) is 0 Å². The Hall–Kier alpha value is -1.04. The van der Waals surface area contributed by atoms with Gasteiger partial charge in [-0.05, 0) is 19.9 Å². The minimum atomic E-state index is -0.356. The van der Waals surface area contributed by atoms with Crippen LogP contribution in [-0.2, 0) is 16.1 Å². The van der Waals surface area contributed by atoms with Crippen molar-refractivity contribution < 1.29 is 13.9 Å². The van der Waals surface area contributed by atoms with Crippen LogP contribution in [-0.4, -0.2) is 24.3 Å². The highest BCUT2D eigenvalue weighted by molar-refractivity contribution is 7.80. The highest BCUT2D eigenvalue weighted by Gasteiger charge is 2.05.